The Hall–Kier alpha value is -1.74. The molecule has 4 aliphatic rings. The molecule has 0 spiro atoms. The van der Waals surface area contributed by atoms with E-state index >= 15 is 0 Å². The SMILES string of the molecule is CCN1C(=O)N(CC2CNN(C)C2)C(=O)C2CC(S(=O)(=O)NC3(C#N)CC3)CCC21. The molecular weight excluding hydrogens is 408 g/mol. The summed E-state index contributed by atoms with van der Waals surface area (Å²) >= 11 is 0. The standard InChI is InChI=1S/C19H30N6O4S/c1-3-24-16-5-4-14(30(28,29)22-19(12-20)6-7-19)8-15(16)17(26)25(18(24)27)11-13-9-21-23(2)10-13/h13-16,21-22H,3-11H2,1-2H3. The summed E-state index contributed by atoms with van der Waals surface area (Å²) in [6.07, 6.45) is 2.09. The fourth-order valence-corrected chi connectivity index (χ4v) is 6.93. The topological polar surface area (TPSA) is 126 Å². The van der Waals surface area contributed by atoms with E-state index in [2.05, 4.69) is 16.2 Å². The number of urea groups is 1. The number of nitrogens with one attached hydrogen (secondary N) is 2. The normalized spacial score (nSPS) is 34.0. The van der Waals surface area contributed by atoms with E-state index in [9.17, 15) is 23.3 Å². The number of carbonyl (C=O) groups excluding carboxylic acids is 2. The van der Waals surface area contributed by atoms with Crippen molar-refractivity contribution in [3.8, 4) is 6.07 Å². The predicted molar refractivity (Wildman–Crippen MR) is 108 cm³/mol. The number of rotatable bonds is 6. The monoisotopic (exact) mass is 438 g/mol. The average molecular weight is 439 g/mol. The van der Waals surface area contributed by atoms with Crippen molar-refractivity contribution in [1.82, 2.24) is 25.0 Å². The van der Waals surface area contributed by atoms with E-state index in [0.29, 0.717) is 45.3 Å². The zero-order valence-electron chi connectivity index (χ0n) is 17.5. The van der Waals surface area contributed by atoms with E-state index < -0.39 is 26.7 Å². The molecule has 4 fully saturated rings. The summed E-state index contributed by atoms with van der Waals surface area (Å²) in [6.45, 7) is 4.16. The van der Waals surface area contributed by atoms with Gasteiger partial charge in [-0.2, -0.15) is 9.98 Å². The van der Waals surface area contributed by atoms with Crippen LogP contribution in [0, 0.1) is 23.2 Å². The second kappa shape index (κ2) is 7.75. The van der Waals surface area contributed by atoms with Crippen molar-refractivity contribution in [2.45, 2.75) is 55.9 Å². The van der Waals surface area contributed by atoms with Crippen molar-refractivity contribution < 1.29 is 18.0 Å². The summed E-state index contributed by atoms with van der Waals surface area (Å²) in [5, 5.41) is 10.5. The van der Waals surface area contributed by atoms with Crippen LogP contribution in [0.1, 0.15) is 39.0 Å². The maximum atomic E-state index is 13.3. The van der Waals surface area contributed by atoms with Crippen LogP contribution in [0.3, 0.4) is 0 Å². The second-order valence-corrected chi connectivity index (χ2v) is 11.0. The molecule has 0 bridgehead atoms. The van der Waals surface area contributed by atoms with Crippen molar-refractivity contribution >= 4 is 22.0 Å². The van der Waals surface area contributed by atoms with Gasteiger partial charge in [-0.25, -0.2) is 18.2 Å². The molecule has 4 rings (SSSR count). The highest BCUT2D eigenvalue weighted by atomic mass is 32.2. The third-order valence-corrected chi connectivity index (χ3v) is 8.91. The van der Waals surface area contributed by atoms with Crippen LogP contribution in [0.25, 0.3) is 0 Å². The quantitative estimate of drug-likeness (QED) is 0.591. The molecule has 4 unspecified atom stereocenters. The van der Waals surface area contributed by atoms with Gasteiger partial charge in [0.25, 0.3) is 0 Å². The molecule has 166 valence electrons. The minimum Gasteiger partial charge on any atom is -0.321 e. The minimum absolute atomic E-state index is 0.147. The molecule has 2 N–H and O–H groups in total. The molecule has 10 nitrogen and oxygen atoms in total. The first kappa shape index (κ1) is 21.5. The van der Waals surface area contributed by atoms with Crippen LogP contribution < -0.4 is 10.1 Å². The predicted octanol–water partition coefficient (Wildman–Crippen LogP) is -0.150. The molecule has 0 aromatic rings. The maximum Gasteiger partial charge on any atom is 0.326 e. The minimum atomic E-state index is -3.71. The fourth-order valence-electron chi connectivity index (χ4n) is 5.06. The van der Waals surface area contributed by atoms with E-state index in [4.69, 9.17) is 0 Å². The molecule has 2 aliphatic heterocycles. The van der Waals surface area contributed by atoms with Crippen molar-refractivity contribution in [1.29, 1.82) is 5.26 Å². The summed E-state index contributed by atoms with van der Waals surface area (Å²) in [5.74, 6) is -0.638. The Labute approximate surface area is 177 Å². The van der Waals surface area contributed by atoms with Gasteiger partial charge in [0, 0.05) is 45.2 Å². The lowest BCUT2D eigenvalue weighted by Crippen LogP contribution is -2.64. The van der Waals surface area contributed by atoms with Crippen LogP contribution in [0.5, 0.6) is 0 Å². The lowest BCUT2D eigenvalue weighted by Gasteiger charge is -2.48. The Morgan fingerprint density at radius 2 is 2.03 bits per heavy atom. The molecular formula is C19H30N6O4S. The Morgan fingerprint density at radius 1 is 1.30 bits per heavy atom. The van der Waals surface area contributed by atoms with E-state index in [-0.39, 0.29) is 30.3 Å². The van der Waals surface area contributed by atoms with Gasteiger partial charge in [0.1, 0.15) is 5.54 Å². The van der Waals surface area contributed by atoms with Gasteiger partial charge in [-0.05, 0) is 39.0 Å². The number of nitrogens with zero attached hydrogens (tertiary/aromatic N) is 4. The molecule has 11 heteroatoms. The molecule has 0 aromatic heterocycles. The largest absolute Gasteiger partial charge is 0.326 e. The molecule has 0 radical (unpaired) electrons. The third kappa shape index (κ3) is 3.82. The smallest absolute Gasteiger partial charge is 0.321 e. The van der Waals surface area contributed by atoms with Crippen LogP contribution >= 0.6 is 0 Å². The number of carbonyl (C=O) groups is 2. The fraction of sp³-hybridized carbons (Fsp3) is 0.842. The van der Waals surface area contributed by atoms with E-state index in [1.807, 2.05) is 19.0 Å². The zero-order valence-corrected chi connectivity index (χ0v) is 18.3. The number of sulfonamides is 1. The molecule has 2 saturated carbocycles. The Morgan fingerprint density at radius 3 is 2.60 bits per heavy atom. The number of fused-ring (bicyclic) bond motifs is 1. The number of amides is 3. The van der Waals surface area contributed by atoms with Gasteiger partial charge in [-0.3, -0.25) is 15.1 Å². The average Bonchev–Trinajstić information content (AvgIpc) is 3.36. The van der Waals surface area contributed by atoms with Gasteiger partial charge >= 0.3 is 6.03 Å². The van der Waals surface area contributed by atoms with E-state index in [1.165, 1.54) is 4.90 Å². The number of nitriles is 1. The summed E-state index contributed by atoms with van der Waals surface area (Å²) in [5.41, 5.74) is 2.22. The summed E-state index contributed by atoms with van der Waals surface area (Å²) < 4.78 is 28.4. The van der Waals surface area contributed by atoms with Crippen molar-refractivity contribution in [2.24, 2.45) is 11.8 Å². The van der Waals surface area contributed by atoms with Crippen LogP contribution in [-0.4, -0.2) is 85.2 Å². The highest BCUT2D eigenvalue weighted by Crippen LogP contribution is 2.40. The van der Waals surface area contributed by atoms with Gasteiger partial charge in [0.05, 0.1) is 17.2 Å². The highest BCUT2D eigenvalue weighted by Gasteiger charge is 2.53. The first-order valence-electron chi connectivity index (χ1n) is 10.7. The number of hydrogen-bond acceptors (Lipinski definition) is 7. The zero-order chi connectivity index (χ0) is 21.7. The van der Waals surface area contributed by atoms with Gasteiger partial charge in [-0.1, -0.05) is 0 Å². The molecule has 30 heavy (non-hydrogen) atoms. The van der Waals surface area contributed by atoms with Crippen LogP contribution in [0.4, 0.5) is 4.79 Å². The summed E-state index contributed by atoms with van der Waals surface area (Å²) in [4.78, 5) is 29.4. The summed E-state index contributed by atoms with van der Waals surface area (Å²) in [6, 6.07) is 1.54. The highest BCUT2D eigenvalue weighted by molar-refractivity contribution is 7.90. The van der Waals surface area contributed by atoms with Gasteiger partial charge < -0.3 is 4.90 Å². The first-order valence-corrected chi connectivity index (χ1v) is 12.2. The lowest BCUT2D eigenvalue weighted by atomic mass is 9.80. The van der Waals surface area contributed by atoms with Crippen LogP contribution in [0.2, 0.25) is 0 Å². The molecule has 2 heterocycles. The lowest BCUT2D eigenvalue weighted by molar-refractivity contribution is -0.140. The molecule has 2 aliphatic carbocycles. The second-order valence-electron chi connectivity index (χ2n) is 9.08. The van der Waals surface area contributed by atoms with Crippen LogP contribution in [-0.2, 0) is 14.8 Å². The van der Waals surface area contributed by atoms with Gasteiger partial charge in [0.2, 0.25) is 15.9 Å². The van der Waals surface area contributed by atoms with E-state index in [0.717, 1.165) is 6.54 Å². The number of hydrogen-bond donors (Lipinski definition) is 2. The van der Waals surface area contributed by atoms with E-state index in [1.54, 1.807) is 4.90 Å². The Kier molecular flexibility index (Phi) is 5.55. The third-order valence-electron chi connectivity index (χ3n) is 6.93. The van der Waals surface area contributed by atoms with Crippen molar-refractivity contribution in [3.63, 3.8) is 0 Å². The Bertz CT molecular complexity index is 867. The maximum absolute atomic E-state index is 13.3. The molecule has 0 aromatic carbocycles. The van der Waals surface area contributed by atoms with Crippen molar-refractivity contribution in [3.05, 3.63) is 0 Å². The van der Waals surface area contributed by atoms with Gasteiger partial charge in [0.15, 0.2) is 0 Å². The molecule has 4 atom stereocenters. The molecule has 2 saturated heterocycles. The Balaban J connectivity index is 1.51. The first-order chi connectivity index (χ1) is 14.2. The van der Waals surface area contributed by atoms with Gasteiger partial charge in [-0.15, -0.1) is 0 Å². The van der Waals surface area contributed by atoms with Crippen LogP contribution in [0.15, 0.2) is 0 Å². The molecule has 3 amide bonds. The van der Waals surface area contributed by atoms with Crippen molar-refractivity contribution in [2.75, 3.05) is 33.2 Å². The number of hydrazine groups is 1. The summed E-state index contributed by atoms with van der Waals surface area (Å²) in [7, 11) is -1.79. The number of imide groups is 1.